The number of thioether (sulfide) groups is 1. The molecule has 154 valence electrons. The number of aromatic nitrogens is 2. The fourth-order valence-electron chi connectivity index (χ4n) is 2.97. The molecule has 3 rings (SSSR count). The van der Waals surface area contributed by atoms with E-state index in [4.69, 9.17) is 5.73 Å². The predicted molar refractivity (Wildman–Crippen MR) is 120 cm³/mol. The van der Waals surface area contributed by atoms with Crippen LogP contribution in [-0.4, -0.2) is 58.9 Å². The quantitative estimate of drug-likeness (QED) is 0.639. The second kappa shape index (κ2) is 9.23. The number of likely N-dealkylation sites (N-methyl/N-ethyl adjacent to an activating group) is 1. The van der Waals surface area contributed by atoms with Crippen molar-refractivity contribution in [1.82, 2.24) is 14.9 Å². The van der Waals surface area contributed by atoms with Gasteiger partial charge in [-0.05, 0) is 45.1 Å². The lowest BCUT2D eigenvalue weighted by molar-refractivity contribution is 0.102. The van der Waals surface area contributed by atoms with Gasteiger partial charge in [0, 0.05) is 24.5 Å². The normalized spacial score (nSPS) is 19.0. The number of amidine groups is 1. The molecule has 29 heavy (non-hydrogen) atoms. The van der Waals surface area contributed by atoms with Crippen molar-refractivity contribution in [2.24, 2.45) is 10.7 Å². The largest absolute Gasteiger partial charge is 0.379 e. The number of benzene rings is 1. The van der Waals surface area contributed by atoms with Crippen LogP contribution in [0.15, 0.2) is 41.7 Å². The minimum atomic E-state index is -0.379. The standard InChI is InChI=1S/C20H27N7OS/c1-20(7-10-29-19(21)26-20)14-5-4-6-15(11-14)25-18(28)16-12-24-17(13-23-16)22-8-9-27(2)3/h4-6,11-13H,7-10H2,1-3H3,(H2,21,26)(H,22,24)(H,25,28). The number of hydrogen-bond acceptors (Lipinski definition) is 8. The molecule has 1 atom stereocenters. The van der Waals surface area contributed by atoms with Crippen molar-refractivity contribution in [2.45, 2.75) is 18.9 Å². The summed E-state index contributed by atoms with van der Waals surface area (Å²) in [6.07, 6.45) is 3.94. The van der Waals surface area contributed by atoms with Crippen molar-refractivity contribution in [2.75, 3.05) is 43.6 Å². The van der Waals surface area contributed by atoms with E-state index in [1.807, 2.05) is 38.4 Å². The third kappa shape index (κ3) is 5.68. The van der Waals surface area contributed by atoms with Gasteiger partial charge in [0.25, 0.3) is 5.91 Å². The summed E-state index contributed by atoms with van der Waals surface area (Å²) in [6, 6.07) is 7.71. The molecule has 1 unspecified atom stereocenters. The summed E-state index contributed by atoms with van der Waals surface area (Å²) >= 11 is 1.57. The highest BCUT2D eigenvalue weighted by Crippen LogP contribution is 2.35. The lowest BCUT2D eigenvalue weighted by atomic mass is 9.89. The second-order valence-corrected chi connectivity index (χ2v) is 8.49. The van der Waals surface area contributed by atoms with Crippen LogP contribution in [0.2, 0.25) is 0 Å². The van der Waals surface area contributed by atoms with Gasteiger partial charge in [-0.15, -0.1) is 0 Å². The Labute approximate surface area is 175 Å². The molecular formula is C20H27N7OS. The van der Waals surface area contributed by atoms with Crippen molar-refractivity contribution in [3.05, 3.63) is 47.9 Å². The molecule has 0 spiro atoms. The maximum absolute atomic E-state index is 12.6. The van der Waals surface area contributed by atoms with Gasteiger partial charge < -0.3 is 21.3 Å². The minimum absolute atomic E-state index is 0.260. The summed E-state index contributed by atoms with van der Waals surface area (Å²) in [7, 11) is 4.01. The van der Waals surface area contributed by atoms with Crippen molar-refractivity contribution < 1.29 is 4.79 Å². The number of nitrogens with zero attached hydrogens (tertiary/aromatic N) is 4. The Morgan fingerprint density at radius 1 is 1.31 bits per heavy atom. The lowest BCUT2D eigenvalue weighted by Crippen LogP contribution is -2.28. The maximum atomic E-state index is 12.6. The molecule has 1 amide bonds. The molecule has 0 saturated heterocycles. The predicted octanol–water partition coefficient (Wildman–Crippen LogP) is 2.37. The van der Waals surface area contributed by atoms with Crippen LogP contribution >= 0.6 is 11.8 Å². The Hall–Kier alpha value is -2.65. The number of nitrogens with two attached hydrogens (primary N) is 1. The van der Waals surface area contributed by atoms with E-state index in [1.54, 1.807) is 18.0 Å². The zero-order chi connectivity index (χ0) is 20.9. The smallest absolute Gasteiger partial charge is 0.275 e. The van der Waals surface area contributed by atoms with E-state index in [9.17, 15) is 4.79 Å². The third-order valence-electron chi connectivity index (χ3n) is 4.69. The highest BCUT2D eigenvalue weighted by Gasteiger charge is 2.29. The Balaban J connectivity index is 1.66. The number of anilines is 2. The molecule has 0 aliphatic carbocycles. The van der Waals surface area contributed by atoms with Gasteiger partial charge in [0.2, 0.25) is 0 Å². The number of carbonyl (C=O) groups is 1. The first-order valence-corrected chi connectivity index (χ1v) is 10.4. The van der Waals surface area contributed by atoms with Crippen LogP contribution in [0, 0.1) is 0 Å². The number of nitrogens with one attached hydrogen (secondary N) is 2. The zero-order valence-corrected chi connectivity index (χ0v) is 17.8. The molecule has 4 N–H and O–H groups in total. The van der Waals surface area contributed by atoms with Crippen LogP contribution in [0.3, 0.4) is 0 Å². The summed E-state index contributed by atoms with van der Waals surface area (Å²) in [5, 5.41) is 6.66. The molecule has 1 aromatic heterocycles. The summed E-state index contributed by atoms with van der Waals surface area (Å²) in [5.74, 6) is 1.26. The van der Waals surface area contributed by atoms with Crippen molar-refractivity contribution in [1.29, 1.82) is 0 Å². The van der Waals surface area contributed by atoms with E-state index in [0.717, 1.165) is 30.8 Å². The number of rotatable bonds is 7. The molecule has 0 saturated carbocycles. The Kier molecular flexibility index (Phi) is 6.71. The van der Waals surface area contributed by atoms with Crippen LogP contribution in [0.25, 0.3) is 0 Å². The van der Waals surface area contributed by atoms with Crippen LogP contribution in [0.1, 0.15) is 29.4 Å². The van der Waals surface area contributed by atoms with Crippen LogP contribution in [0.5, 0.6) is 0 Å². The van der Waals surface area contributed by atoms with Crippen LogP contribution in [0.4, 0.5) is 11.5 Å². The lowest BCUT2D eigenvalue weighted by Gasteiger charge is -2.30. The van der Waals surface area contributed by atoms with Gasteiger partial charge in [0.05, 0.1) is 17.9 Å². The molecule has 1 aliphatic rings. The molecule has 0 bridgehead atoms. The molecule has 9 heteroatoms. The fraction of sp³-hybridized carbons (Fsp3) is 0.400. The van der Waals surface area contributed by atoms with Gasteiger partial charge in [0.1, 0.15) is 11.5 Å². The summed E-state index contributed by atoms with van der Waals surface area (Å²) in [6.45, 7) is 3.70. The van der Waals surface area contributed by atoms with Gasteiger partial charge in [-0.1, -0.05) is 23.9 Å². The highest BCUT2D eigenvalue weighted by molar-refractivity contribution is 8.13. The Morgan fingerprint density at radius 2 is 2.14 bits per heavy atom. The van der Waals surface area contributed by atoms with Crippen LogP contribution in [-0.2, 0) is 5.54 Å². The third-order valence-corrected chi connectivity index (χ3v) is 5.48. The molecule has 0 fully saturated rings. The SMILES string of the molecule is CN(C)CCNc1cnc(C(=O)Nc2cccc(C3(C)CCSC(N)=N3)c2)cn1. The molecular weight excluding hydrogens is 386 g/mol. The van der Waals surface area contributed by atoms with E-state index in [1.165, 1.54) is 6.20 Å². The van der Waals surface area contributed by atoms with E-state index in [0.29, 0.717) is 16.7 Å². The Bertz CT molecular complexity index is 885. The average Bonchev–Trinajstić information content (AvgIpc) is 2.68. The first-order valence-electron chi connectivity index (χ1n) is 9.46. The van der Waals surface area contributed by atoms with Crippen molar-refractivity contribution in [3.63, 3.8) is 0 Å². The topological polar surface area (TPSA) is 109 Å². The first-order chi connectivity index (χ1) is 13.9. The van der Waals surface area contributed by atoms with Crippen LogP contribution < -0.4 is 16.4 Å². The molecule has 1 aliphatic heterocycles. The van der Waals surface area contributed by atoms with Gasteiger partial charge in [-0.2, -0.15) is 0 Å². The number of hydrogen-bond donors (Lipinski definition) is 3. The average molecular weight is 414 g/mol. The number of amides is 1. The summed E-state index contributed by atoms with van der Waals surface area (Å²) in [4.78, 5) is 27.7. The monoisotopic (exact) mass is 413 g/mol. The van der Waals surface area contributed by atoms with Gasteiger partial charge in [-0.3, -0.25) is 9.79 Å². The van der Waals surface area contributed by atoms with E-state index >= 15 is 0 Å². The minimum Gasteiger partial charge on any atom is -0.379 e. The van der Waals surface area contributed by atoms with Gasteiger partial charge >= 0.3 is 0 Å². The van der Waals surface area contributed by atoms with E-state index in [-0.39, 0.29) is 17.1 Å². The number of aliphatic imine (C=N–C) groups is 1. The van der Waals surface area contributed by atoms with E-state index < -0.39 is 0 Å². The number of carbonyl (C=O) groups excluding carboxylic acids is 1. The van der Waals surface area contributed by atoms with Gasteiger partial charge in [-0.25, -0.2) is 9.97 Å². The van der Waals surface area contributed by atoms with Crippen molar-refractivity contribution >= 4 is 34.3 Å². The molecule has 2 heterocycles. The second-order valence-electron chi connectivity index (χ2n) is 7.37. The van der Waals surface area contributed by atoms with E-state index in [2.05, 4.69) is 37.4 Å². The van der Waals surface area contributed by atoms with Gasteiger partial charge in [0.15, 0.2) is 5.17 Å². The molecule has 2 aromatic rings. The van der Waals surface area contributed by atoms with Crippen molar-refractivity contribution in [3.8, 4) is 0 Å². The molecule has 0 radical (unpaired) electrons. The fourth-order valence-corrected chi connectivity index (χ4v) is 3.94. The highest BCUT2D eigenvalue weighted by atomic mass is 32.2. The summed E-state index contributed by atoms with van der Waals surface area (Å²) in [5.41, 5.74) is 7.51. The first kappa shape index (κ1) is 21.1. The molecule has 8 nitrogen and oxygen atoms in total. The Morgan fingerprint density at radius 3 is 2.83 bits per heavy atom. The summed E-state index contributed by atoms with van der Waals surface area (Å²) < 4.78 is 0. The maximum Gasteiger partial charge on any atom is 0.275 e. The zero-order valence-electron chi connectivity index (χ0n) is 17.0. The molecule has 1 aromatic carbocycles.